The van der Waals surface area contributed by atoms with E-state index in [0.717, 1.165) is 37.8 Å². The third kappa shape index (κ3) is 3.50. The third-order valence-corrected chi connectivity index (χ3v) is 6.12. The van der Waals surface area contributed by atoms with Gasteiger partial charge in [-0.2, -0.15) is 0 Å². The maximum atomic E-state index is 13.1. The summed E-state index contributed by atoms with van der Waals surface area (Å²) in [5.41, 5.74) is 2.27. The molecule has 1 aromatic heterocycles. The molecule has 6 heteroatoms. The fourth-order valence-electron chi connectivity index (χ4n) is 4.03. The van der Waals surface area contributed by atoms with Crippen molar-refractivity contribution in [1.29, 1.82) is 0 Å². The molecule has 4 heterocycles. The molecule has 2 aromatic rings. The molecule has 5 rings (SSSR count). The number of fused-ring (bicyclic) bond motifs is 4. The summed E-state index contributed by atoms with van der Waals surface area (Å²) in [6, 6.07) is 7.55. The average molecular weight is 346 g/mol. The Morgan fingerprint density at radius 2 is 1.96 bits per heavy atom. The quantitative estimate of drug-likeness (QED) is 0.852. The highest BCUT2D eigenvalue weighted by Crippen LogP contribution is 2.30. The highest BCUT2D eigenvalue weighted by Gasteiger charge is 2.35. The van der Waals surface area contributed by atoms with Crippen LogP contribution in [0, 0.1) is 18.7 Å². The molecule has 1 aromatic carbocycles. The first-order valence-corrected chi connectivity index (χ1v) is 9.43. The van der Waals surface area contributed by atoms with Gasteiger partial charge in [-0.1, -0.05) is 16.6 Å². The lowest BCUT2D eigenvalue weighted by Crippen LogP contribution is -2.43. The zero-order valence-electron chi connectivity index (χ0n) is 14.0. The summed E-state index contributed by atoms with van der Waals surface area (Å²) in [7, 11) is 0. The second kappa shape index (κ2) is 6.86. The van der Waals surface area contributed by atoms with Crippen molar-refractivity contribution in [2.45, 2.75) is 38.9 Å². The Morgan fingerprint density at radius 3 is 2.71 bits per heavy atom. The number of piperidine rings is 1. The minimum Gasteiger partial charge on any atom is -0.297 e. The Kier molecular flexibility index (Phi) is 4.61. The molecular formula is C18H23FN4S. The summed E-state index contributed by atoms with van der Waals surface area (Å²) in [6.45, 7) is 7.36. The Balaban J connectivity index is 1.44. The molecule has 2 bridgehead atoms. The van der Waals surface area contributed by atoms with E-state index in [1.165, 1.54) is 41.4 Å². The van der Waals surface area contributed by atoms with Crippen LogP contribution in [-0.2, 0) is 13.1 Å². The smallest absolute Gasteiger partial charge is 0.123 e. The zero-order chi connectivity index (χ0) is 16.5. The van der Waals surface area contributed by atoms with Crippen LogP contribution in [-0.4, -0.2) is 45.1 Å². The summed E-state index contributed by atoms with van der Waals surface area (Å²) < 4.78 is 17.2. The van der Waals surface area contributed by atoms with E-state index in [1.807, 2.05) is 12.1 Å². The van der Waals surface area contributed by atoms with Crippen molar-refractivity contribution in [1.82, 2.24) is 19.4 Å². The molecule has 2 atom stereocenters. The first-order valence-electron chi connectivity index (χ1n) is 8.66. The van der Waals surface area contributed by atoms with Gasteiger partial charge in [0.25, 0.3) is 0 Å². The average Bonchev–Trinajstić information content (AvgIpc) is 2.79. The number of hydrogen-bond donors (Lipinski definition) is 0. The fraction of sp³-hybridized carbons (Fsp3) is 0.556. The normalized spacial score (nSPS) is 25.1. The molecule has 3 aliphatic rings. The van der Waals surface area contributed by atoms with Gasteiger partial charge in [0, 0.05) is 38.8 Å². The number of nitrogens with zero attached hydrogens (tertiary/aromatic N) is 4. The number of rotatable bonds is 4. The van der Waals surface area contributed by atoms with Crippen LogP contribution in [0.2, 0.25) is 0 Å². The minimum atomic E-state index is -0.158. The van der Waals surface area contributed by atoms with Gasteiger partial charge in [0.05, 0.1) is 10.6 Å². The number of aryl methyl sites for hydroxylation is 1. The van der Waals surface area contributed by atoms with Crippen LogP contribution < -0.4 is 0 Å². The van der Waals surface area contributed by atoms with Crippen LogP contribution in [0.5, 0.6) is 0 Å². The zero-order valence-corrected chi connectivity index (χ0v) is 14.8. The molecule has 4 nitrogen and oxygen atoms in total. The summed E-state index contributed by atoms with van der Waals surface area (Å²) >= 11 is 1.53. The molecule has 0 N–H and O–H groups in total. The molecule has 0 saturated carbocycles. The van der Waals surface area contributed by atoms with Crippen LogP contribution in [0.3, 0.4) is 0 Å². The first-order chi connectivity index (χ1) is 11.7. The monoisotopic (exact) mass is 346 g/mol. The SMILES string of the molecule is Cc1nnsc1CN1C[C@H]2CC[C@@H]1CN(Cc1ccc(F)cc1)C2. The van der Waals surface area contributed by atoms with E-state index < -0.39 is 0 Å². The van der Waals surface area contributed by atoms with Gasteiger partial charge >= 0.3 is 0 Å². The second-order valence-corrected chi connectivity index (χ2v) is 7.97. The lowest BCUT2D eigenvalue weighted by atomic mass is 9.95. The minimum absolute atomic E-state index is 0.158. The topological polar surface area (TPSA) is 32.3 Å². The van der Waals surface area contributed by atoms with E-state index in [0.29, 0.717) is 6.04 Å². The summed E-state index contributed by atoms with van der Waals surface area (Å²) in [4.78, 5) is 6.47. The molecule has 0 amide bonds. The predicted molar refractivity (Wildman–Crippen MR) is 93.2 cm³/mol. The Morgan fingerprint density at radius 1 is 1.12 bits per heavy atom. The second-order valence-electron chi connectivity index (χ2n) is 7.13. The standard InChI is InChI=1S/C18H23FN4S/c1-13-18(24-21-20-13)12-23-10-15-4-7-17(23)11-22(9-15)8-14-2-5-16(19)6-3-14/h2-3,5-6,15,17H,4,7-12H2,1H3/t15-,17+/m0/s1. The summed E-state index contributed by atoms with van der Waals surface area (Å²) in [5.74, 6) is 0.569. The fourth-order valence-corrected chi connectivity index (χ4v) is 4.69. The van der Waals surface area contributed by atoms with Crippen LogP contribution >= 0.6 is 11.5 Å². The molecule has 3 saturated heterocycles. The highest BCUT2D eigenvalue weighted by molar-refractivity contribution is 7.05. The van der Waals surface area contributed by atoms with Gasteiger partial charge in [-0.15, -0.1) is 5.10 Å². The molecule has 0 unspecified atom stereocenters. The first kappa shape index (κ1) is 16.1. The van der Waals surface area contributed by atoms with Gasteiger partial charge in [0.2, 0.25) is 0 Å². The molecule has 3 fully saturated rings. The van der Waals surface area contributed by atoms with Crippen molar-refractivity contribution < 1.29 is 4.39 Å². The van der Waals surface area contributed by atoms with Gasteiger partial charge in [-0.05, 0) is 54.9 Å². The molecule has 0 spiro atoms. The number of benzene rings is 1. The van der Waals surface area contributed by atoms with E-state index in [1.54, 1.807) is 12.1 Å². The van der Waals surface area contributed by atoms with Crippen molar-refractivity contribution in [3.05, 3.63) is 46.2 Å². The van der Waals surface area contributed by atoms with Gasteiger partial charge in [0.1, 0.15) is 5.82 Å². The van der Waals surface area contributed by atoms with Crippen LogP contribution in [0.1, 0.15) is 29.0 Å². The summed E-state index contributed by atoms with van der Waals surface area (Å²) in [5, 5.41) is 4.15. The molecule has 0 aliphatic carbocycles. The molecule has 24 heavy (non-hydrogen) atoms. The van der Waals surface area contributed by atoms with Crippen LogP contribution in [0.15, 0.2) is 24.3 Å². The molecule has 3 aliphatic heterocycles. The van der Waals surface area contributed by atoms with Crippen molar-refractivity contribution in [2.24, 2.45) is 5.92 Å². The molecule has 128 valence electrons. The van der Waals surface area contributed by atoms with Crippen molar-refractivity contribution >= 4 is 11.5 Å². The van der Waals surface area contributed by atoms with Gasteiger partial charge in [-0.25, -0.2) is 4.39 Å². The Bertz CT molecular complexity index is 687. The van der Waals surface area contributed by atoms with Crippen LogP contribution in [0.25, 0.3) is 0 Å². The van der Waals surface area contributed by atoms with Gasteiger partial charge in [0.15, 0.2) is 0 Å². The maximum Gasteiger partial charge on any atom is 0.123 e. The maximum absolute atomic E-state index is 13.1. The Labute approximate surface area is 146 Å². The molecule has 0 radical (unpaired) electrons. The van der Waals surface area contributed by atoms with Crippen molar-refractivity contribution in [3.63, 3.8) is 0 Å². The van der Waals surface area contributed by atoms with E-state index in [9.17, 15) is 4.39 Å². The highest BCUT2D eigenvalue weighted by atomic mass is 32.1. The van der Waals surface area contributed by atoms with E-state index in [2.05, 4.69) is 26.3 Å². The van der Waals surface area contributed by atoms with Gasteiger partial charge < -0.3 is 0 Å². The number of hydrogen-bond acceptors (Lipinski definition) is 5. The van der Waals surface area contributed by atoms with E-state index >= 15 is 0 Å². The largest absolute Gasteiger partial charge is 0.297 e. The van der Waals surface area contributed by atoms with Crippen molar-refractivity contribution in [3.8, 4) is 0 Å². The lowest BCUT2D eigenvalue weighted by Gasteiger charge is -2.35. The number of aromatic nitrogens is 2. The van der Waals surface area contributed by atoms with Gasteiger partial charge in [-0.3, -0.25) is 9.80 Å². The number of halogens is 1. The summed E-state index contributed by atoms with van der Waals surface area (Å²) in [6.07, 6.45) is 2.59. The van der Waals surface area contributed by atoms with Crippen LogP contribution in [0.4, 0.5) is 4.39 Å². The predicted octanol–water partition coefficient (Wildman–Crippen LogP) is 3.08. The van der Waals surface area contributed by atoms with Crippen molar-refractivity contribution in [2.75, 3.05) is 19.6 Å². The van der Waals surface area contributed by atoms with E-state index in [-0.39, 0.29) is 5.82 Å². The Hall–Kier alpha value is -1.37. The lowest BCUT2D eigenvalue weighted by molar-refractivity contribution is 0.124. The van der Waals surface area contributed by atoms with E-state index in [4.69, 9.17) is 0 Å². The third-order valence-electron chi connectivity index (χ3n) is 5.31. The molecular weight excluding hydrogens is 323 g/mol.